The molecular formula is C29H30ClN7O2. The SMILES string of the molecule is CC(C)C(=N/C=C\N)c1ccc(-c2cc3cnc(NC4CCOC4)nc3n(Cc3ccncc3)c2=O)c(Cl)c1. The van der Waals surface area contributed by atoms with E-state index in [-0.39, 0.29) is 17.5 Å². The highest BCUT2D eigenvalue weighted by molar-refractivity contribution is 6.33. The summed E-state index contributed by atoms with van der Waals surface area (Å²) < 4.78 is 7.12. The zero-order valence-electron chi connectivity index (χ0n) is 21.8. The first-order valence-corrected chi connectivity index (χ1v) is 13.2. The van der Waals surface area contributed by atoms with Crippen LogP contribution in [0.3, 0.4) is 0 Å². The first-order chi connectivity index (χ1) is 18.9. The van der Waals surface area contributed by atoms with E-state index in [9.17, 15) is 4.79 Å². The Bertz CT molecular complexity index is 1590. The number of nitrogens with one attached hydrogen (secondary N) is 1. The molecule has 1 aromatic carbocycles. The first-order valence-electron chi connectivity index (χ1n) is 12.8. The van der Waals surface area contributed by atoms with Crippen LogP contribution in [0.1, 0.15) is 31.4 Å². The number of fused-ring (bicyclic) bond motifs is 1. The van der Waals surface area contributed by atoms with Crippen LogP contribution in [-0.4, -0.2) is 44.5 Å². The van der Waals surface area contributed by atoms with Crippen molar-refractivity contribution in [2.45, 2.75) is 32.9 Å². The number of anilines is 1. The van der Waals surface area contributed by atoms with Crippen LogP contribution in [0.5, 0.6) is 0 Å². The zero-order chi connectivity index (χ0) is 27.4. The molecule has 0 saturated carbocycles. The summed E-state index contributed by atoms with van der Waals surface area (Å²) in [5.41, 5.74) is 9.55. The van der Waals surface area contributed by atoms with Crippen LogP contribution in [0, 0.1) is 5.92 Å². The maximum absolute atomic E-state index is 14.0. The van der Waals surface area contributed by atoms with Gasteiger partial charge in [0.25, 0.3) is 5.56 Å². The second-order valence-electron chi connectivity index (χ2n) is 9.69. The molecule has 10 heteroatoms. The van der Waals surface area contributed by atoms with E-state index in [2.05, 4.69) is 34.1 Å². The molecule has 1 aliphatic heterocycles. The summed E-state index contributed by atoms with van der Waals surface area (Å²) >= 11 is 6.80. The first kappa shape index (κ1) is 26.5. The van der Waals surface area contributed by atoms with Crippen LogP contribution in [0.25, 0.3) is 22.2 Å². The van der Waals surface area contributed by atoms with Crippen molar-refractivity contribution in [2.75, 3.05) is 18.5 Å². The Hall–Kier alpha value is -4.08. The van der Waals surface area contributed by atoms with Crippen molar-refractivity contribution < 1.29 is 4.74 Å². The van der Waals surface area contributed by atoms with Crippen molar-refractivity contribution in [3.8, 4) is 11.1 Å². The molecule has 0 aliphatic carbocycles. The van der Waals surface area contributed by atoms with Crippen molar-refractivity contribution in [3.05, 3.63) is 93.9 Å². The second-order valence-corrected chi connectivity index (χ2v) is 10.1. The summed E-state index contributed by atoms with van der Waals surface area (Å²) in [5, 5.41) is 4.50. The molecular weight excluding hydrogens is 514 g/mol. The summed E-state index contributed by atoms with van der Waals surface area (Å²) in [5.74, 6) is 0.611. The summed E-state index contributed by atoms with van der Waals surface area (Å²) in [6.07, 6.45) is 8.97. The number of pyridine rings is 2. The van der Waals surface area contributed by atoms with Gasteiger partial charge in [-0.15, -0.1) is 0 Å². The molecule has 0 spiro atoms. The quantitative estimate of drug-likeness (QED) is 0.311. The minimum atomic E-state index is -0.202. The van der Waals surface area contributed by atoms with Gasteiger partial charge in [0.05, 0.1) is 24.9 Å². The largest absolute Gasteiger partial charge is 0.403 e. The van der Waals surface area contributed by atoms with E-state index in [1.165, 1.54) is 6.20 Å². The molecule has 0 radical (unpaired) electrons. The third kappa shape index (κ3) is 5.84. The predicted molar refractivity (Wildman–Crippen MR) is 155 cm³/mol. The number of ether oxygens (including phenoxy) is 1. The average Bonchev–Trinajstić information content (AvgIpc) is 3.44. The summed E-state index contributed by atoms with van der Waals surface area (Å²) in [4.78, 5) is 31.8. The molecule has 4 aromatic rings. The summed E-state index contributed by atoms with van der Waals surface area (Å²) in [6, 6.07) is 11.3. The van der Waals surface area contributed by atoms with Crippen molar-refractivity contribution in [3.63, 3.8) is 0 Å². The molecule has 1 unspecified atom stereocenters. The Morgan fingerprint density at radius 2 is 2.08 bits per heavy atom. The molecule has 0 bridgehead atoms. The number of halogens is 1. The molecule has 4 heterocycles. The van der Waals surface area contributed by atoms with Gasteiger partial charge in [0.1, 0.15) is 5.65 Å². The lowest BCUT2D eigenvalue weighted by atomic mass is 9.97. The minimum absolute atomic E-state index is 0.138. The average molecular weight is 544 g/mol. The molecule has 1 aliphatic rings. The van der Waals surface area contributed by atoms with Crippen molar-refractivity contribution in [1.82, 2.24) is 19.5 Å². The van der Waals surface area contributed by atoms with E-state index in [0.717, 1.165) is 28.6 Å². The number of aromatic nitrogens is 4. The number of benzene rings is 1. The molecule has 0 amide bonds. The topological polar surface area (TPSA) is 120 Å². The van der Waals surface area contributed by atoms with Gasteiger partial charge < -0.3 is 15.8 Å². The molecule has 3 N–H and O–H groups in total. The van der Waals surface area contributed by atoms with E-state index in [4.69, 9.17) is 27.1 Å². The van der Waals surface area contributed by atoms with Gasteiger partial charge in [-0.3, -0.25) is 19.3 Å². The Kier molecular flexibility index (Phi) is 7.99. The number of nitrogens with two attached hydrogens (primary N) is 1. The predicted octanol–water partition coefficient (Wildman–Crippen LogP) is 4.63. The van der Waals surface area contributed by atoms with Gasteiger partial charge in [0.15, 0.2) is 0 Å². The molecule has 1 fully saturated rings. The molecule has 200 valence electrons. The smallest absolute Gasteiger partial charge is 0.260 e. The zero-order valence-corrected chi connectivity index (χ0v) is 22.6. The number of hydrogen-bond donors (Lipinski definition) is 2. The van der Waals surface area contributed by atoms with Crippen LogP contribution in [0.4, 0.5) is 5.95 Å². The maximum atomic E-state index is 14.0. The fraction of sp³-hybridized carbons (Fsp3) is 0.276. The third-order valence-corrected chi connectivity index (χ3v) is 6.89. The van der Waals surface area contributed by atoms with Gasteiger partial charge in [-0.2, -0.15) is 4.98 Å². The van der Waals surface area contributed by atoms with Gasteiger partial charge in [-0.05, 0) is 47.7 Å². The van der Waals surface area contributed by atoms with Gasteiger partial charge >= 0.3 is 0 Å². The van der Waals surface area contributed by atoms with E-state index < -0.39 is 0 Å². The molecule has 9 nitrogen and oxygen atoms in total. The molecule has 5 rings (SSSR count). The van der Waals surface area contributed by atoms with Gasteiger partial charge in [0, 0.05) is 59.1 Å². The molecule has 1 saturated heterocycles. The lowest BCUT2D eigenvalue weighted by molar-refractivity contribution is 0.195. The highest BCUT2D eigenvalue weighted by atomic mass is 35.5. The van der Waals surface area contributed by atoms with Crippen LogP contribution >= 0.6 is 11.6 Å². The minimum Gasteiger partial charge on any atom is -0.403 e. The molecule has 39 heavy (non-hydrogen) atoms. The van der Waals surface area contributed by atoms with Gasteiger partial charge in [0.2, 0.25) is 5.95 Å². The monoisotopic (exact) mass is 543 g/mol. The van der Waals surface area contributed by atoms with E-state index in [1.54, 1.807) is 35.4 Å². The van der Waals surface area contributed by atoms with E-state index >= 15 is 0 Å². The molecule has 1 atom stereocenters. The third-order valence-electron chi connectivity index (χ3n) is 6.58. The Labute approximate surface area is 231 Å². The standard InChI is InChI=1S/C29H30ClN7O2/c1-18(2)26(33-11-8-31)20-3-4-23(25(30)14-20)24-13-21-15-34-29(35-22-7-12-39-17-22)36-27(21)37(28(24)38)16-19-5-9-32-10-6-19/h3-6,8-11,13-15,18,22H,7,12,16-17,31H2,1-2H3,(H,34,35,36)/b11-8-,33-26?. The highest BCUT2D eigenvalue weighted by Gasteiger charge is 2.20. The molecule has 3 aromatic heterocycles. The Morgan fingerprint density at radius 3 is 2.77 bits per heavy atom. The van der Waals surface area contributed by atoms with Crippen molar-refractivity contribution >= 4 is 34.3 Å². The number of aliphatic imine (C=N–C) groups is 1. The lowest BCUT2D eigenvalue weighted by Crippen LogP contribution is -2.25. The Balaban J connectivity index is 1.62. The van der Waals surface area contributed by atoms with Crippen LogP contribution in [-0.2, 0) is 11.3 Å². The second kappa shape index (κ2) is 11.8. The van der Waals surface area contributed by atoms with Crippen LogP contribution < -0.4 is 16.6 Å². The fourth-order valence-corrected chi connectivity index (χ4v) is 4.93. The summed E-state index contributed by atoms with van der Waals surface area (Å²) in [7, 11) is 0. The highest BCUT2D eigenvalue weighted by Crippen LogP contribution is 2.30. The van der Waals surface area contributed by atoms with Crippen LogP contribution in [0.2, 0.25) is 5.02 Å². The number of rotatable bonds is 8. The van der Waals surface area contributed by atoms with Gasteiger partial charge in [-0.25, -0.2) is 4.98 Å². The normalized spacial score (nSPS) is 16.0. The number of hydrogen-bond acceptors (Lipinski definition) is 8. The van der Waals surface area contributed by atoms with E-state index in [1.807, 2.05) is 30.3 Å². The fourth-order valence-electron chi connectivity index (χ4n) is 4.64. The Morgan fingerprint density at radius 1 is 1.26 bits per heavy atom. The maximum Gasteiger partial charge on any atom is 0.260 e. The lowest BCUT2D eigenvalue weighted by Gasteiger charge is -2.16. The van der Waals surface area contributed by atoms with Gasteiger partial charge in [-0.1, -0.05) is 37.6 Å². The number of nitrogens with zero attached hydrogens (tertiary/aromatic N) is 5. The van der Waals surface area contributed by atoms with Crippen molar-refractivity contribution in [1.29, 1.82) is 0 Å². The van der Waals surface area contributed by atoms with E-state index in [0.29, 0.717) is 47.5 Å². The summed E-state index contributed by atoms with van der Waals surface area (Å²) in [6.45, 7) is 5.73. The van der Waals surface area contributed by atoms with Crippen LogP contribution in [0.15, 0.2) is 77.2 Å². The van der Waals surface area contributed by atoms with Crippen molar-refractivity contribution in [2.24, 2.45) is 16.6 Å².